The molecule has 5 nitrogen and oxygen atoms in total. The molecule has 0 aliphatic carbocycles. The molecule has 0 bridgehead atoms. The summed E-state index contributed by atoms with van der Waals surface area (Å²) in [5.74, 6) is -0.0888. The Hall–Kier alpha value is -3.38. The lowest BCUT2D eigenvalue weighted by Crippen LogP contribution is -2.42. The van der Waals surface area contributed by atoms with E-state index in [0.717, 1.165) is 34.6 Å². The van der Waals surface area contributed by atoms with Crippen LogP contribution < -0.4 is 10.6 Å². The second kappa shape index (κ2) is 10.7. The molecule has 1 unspecified atom stereocenters. The molecule has 1 aromatic heterocycles. The van der Waals surface area contributed by atoms with E-state index >= 15 is 0 Å². The van der Waals surface area contributed by atoms with Crippen molar-refractivity contribution in [1.29, 1.82) is 0 Å². The zero-order chi connectivity index (χ0) is 25.1. The first-order valence-corrected chi connectivity index (χ1v) is 12.5. The van der Waals surface area contributed by atoms with Crippen LogP contribution in [0.25, 0.3) is 0 Å². The smallest absolute Gasteiger partial charge is 0.240 e. The third-order valence-electron chi connectivity index (χ3n) is 6.47. The quantitative estimate of drug-likeness (QED) is 0.320. The van der Waals surface area contributed by atoms with Gasteiger partial charge >= 0.3 is 0 Å². The monoisotopic (exact) mass is 516 g/mol. The van der Waals surface area contributed by atoms with Gasteiger partial charge in [-0.25, -0.2) is 0 Å². The maximum absolute atomic E-state index is 13.2. The number of pyridine rings is 1. The summed E-state index contributed by atoms with van der Waals surface area (Å²) < 4.78 is 0. The van der Waals surface area contributed by atoms with Gasteiger partial charge in [0.05, 0.1) is 6.04 Å². The van der Waals surface area contributed by atoms with Gasteiger partial charge in [0, 0.05) is 53.4 Å². The molecule has 7 heteroatoms. The third-order valence-corrected chi connectivity index (χ3v) is 7.05. The van der Waals surface area contributed by atoms with Crippen LogP contribution in [-0.4, -0.2) is 21.8 Å². The molecule has 1 aliphatic rings. The van der Waals surface area contributed by atoms with Crippen LogP contribution in [0.1, 0.15) is 22.3 Å². The lowest BCUT2D eigenvalue weighted by Gasteiger charge is -2.25. The number of aromatic nitrogens is 1. The van der Waals surface area contributed by atoms with Gasteiger partial charge in [0.2, 0.25) is 5.91 Å². The zero-order valence-electron chi connectivity index (χ0n) is 19.6. The van der Waals surface area contributed by atoms with Gasteiger partial charge in [0.25, 0.3) is 0 Å². The molecular weight excluding hydrogens is 491 g/mol. The van der Waals surface area contributed by atoms with E-state index in [1.54, 1.807) is 24.5 Å². The fraction of sp³-hybridized carbons (Fsp3) is 0.172. The second-order valence-electron chi connectivity index (χ2n) is 8.97. The van der Waals surface area contributed by atoms with Crippen molar-refractivity contribution in [2.75, 3.05) is 4.90 Å². The lowest BCUT2D eigenvalue weighted by molar-refractivity contribution is -0.133. The Kier molecular flexibility index (Phi) is 7.23. The summed E-state index contributed by atoms with van der Waals surface area (Å²) >= 11 is 12.3. The highest BCUT2D eigenvalue weighted by atomic mass is 35.5. The van der Waals surface area contributed by atoms with Crippen molar-refractivity contribution >= 4 is 40.5 Å². The van der Waals surface area contributed by atoms with Gasteiger partial charge in [-0.3, -0.25) is 9.78 Å². The number of fused-ring (bicyclic) bond motifs is 1. The Morgan fingerprint density at radius 2 is 1.67 bits per heavy atom. The number of rotatable bonds is 7. The summed E-state index contributed by atoms with van der Waals surface area (Å²) in [6.07, 6.45) is 3.96. The molecule has 36 heavy (non-hydrogen) atoms. The molecule has 1 aliphatic heterocycles. The van der Waals surface area contributed by atoms with E-state index in [1.807, 2.05) is 41.3 Å². The summed E-state index contributed by atoms with van der Waals surface area (Å²) in [7, 11) is 0. The van der Waals surface area contributed by atoms with E-state index < -0.39 is 6.04 Å². The number of hydrogen-bond donors (Lipinski definition) is 1. The Morgan fingerprint density at radius 1 is 0.917 bits per heavy atom. The number of anilines is 2. The van der Waals surface area contributed by atoms with E-state index in [1.165, 1.54) is 5.56 Å². The van der Waals surface area contributed by atoms with Gasteiger partial charge in [-0.1, -0.05) is 65.7 Å². The highest BCUT2D eigenvalue weighted by Crippen LogP contribution is 2.33. The van der Waals surface area contributed by atoms with E-state index in [0.29, 0.717) is 29.6 Å². The molecule has 5 rings (SSSR count). The molecule has 1 amide bonds. The number of hydrogen-bond acceptors (Lipinski definition) is 4. The second-order valence-corrected chi connectivity index (χ2v) is 9.81. The van der Waals surface area contributed by atoms with Crippen molar-refractivity contribution in [3.63, 3.8) is 0 Å². The van der Waals surface area contributed by atoms with E-state index in [2.05, 4.69) is 40.2 Å². The largest absolute Gasteiger partial charge is 0.337 e. The van der Waals surface area contributed by atoms with Crippen molar-refractivity contribution in [1.82, 2.24) is 9.88 Å². The van der Waals surface area contributed by atoms with Crippen LogP contribution in [0, 0.1) is 0 Å². The fourth-order valence-corrected chi connectivity index (χ4v) is 5.06. The van der Waals surface area contributed by atoms with E-state index in [-0.39, 0.29) is 5.91 Å². The molecule has 2 heterocycles. The van der Waals surface area contributed by atoms with Gasteiger partial charge in [0.1, 0.15) is 0 Å². The van der Waals surface area contributed by atoms with Gasteiger partial charge < -0.3 is 15.5 Å². The van der Waals surface area contributed by atoms with Gasteiger partial charge in [0.15, 0.2) is 0 Å². The molecule has 1 atom stereocenters. The van der Waals surface area contributed by atoms with Crippen molar-refractivity contribution in [3.05, 3.63) is 124 Å². The lowest BCUT2D eigenvalue weighted by atomic mass is 10.1. The topological polar surface area (TPSA) is 62.5 Å². The molecule has 0 fully saturated rings. The van der Waals surface area contributed by atoms with Crippen LogP contribution >= 0.6 is 23.2 Å². The number of amides is 1. The molecule has 2 N–H and O–H groups in total. The number of carbonyl (C=O) groups excluding carboxylic acids is 1. The first-order chi connectivity index (χ1) is 17.5. The Balaban J connectivity index is 1.34. The molecule has 0 radical (unpaired) electrons. The predicted molar refractivity (Wildman–Crippen MR) is 145 cm³/mol. The maximum Gasteiger partial charge on any atom is 0.240 e. The van der Waals surface area contributed by atoms with Crippen LogP contribution in [0.5, 0.6) is 0 Å². The molecule has 0 saturated carbocycles. The van der Waals surface area contributed by atoms with Crippen LogP contribution in [0.3, 0.4) is 0 Å². The Labute approximate surface area is 221 Å². The first kappa shape index (κ1) is 24.3. The summed E-state index contributed by atoms with van der Waals surface area (Å²) in [5.41, 5.74) is 12.7. The SMILES string of the molecule is NC(Cc1ccc(Cl)cc1Cl)C(=O)N1Cc2ccc(N(Cc3ccccc3)c3ccncc3)cc2C1. The minimum Gasteiger partial charge on any atom is -0.337 e. The van der Waals surface area contributed by atoms with Crippen LogP contribution in [-0.2, 0) is 30.8 Å². The summed E-state index contributed by atoms with van der Waals surface area (Å²) in [5, 5.41) is 1.08. The minimum absolute atomic E-state index is 0.0888. The highest BCUT2D eigenvalue weighted by molar-refractivity contribution is 6.35. The average molecular weight is 517 g/mol. The van der Waals surface area contributed by atoms with E-state index in [4.69, 9.17) is 28.9 Å². The van der Waals surface area contributed by atoms with Crippen molar-refractivity contribution in [3.8, 4) is 0 Å². The van der Waals surface area contributed by atoms with E-state index in [9.17, 15) is 4.79 Å². The van der Waals surface area contributed by atoms with Crippen molar-refractivity contribution < 1.29 is 4.79 Å². The summed E-state index contributed by atoms with van der Waals surface area (Å²) in [6, 6.07) is 25.4. The number of halogens is 2. The predicted octanol–water partition coefficient (Wildman–Crippen LogP) is 6.14. The van der Waals surface area contributed by atoms with Gasteiger partial charge in [-0.2, -0.15) is 0 Å². The Morgan fingerprint density at radius 3 is 2.42 bits per heavy atom. The third kappa shape index (κ3) is 5.39. The molecule has 182 valence electrons. The zero-order valence-corrected chi connectivity index (χ0v) is 21.2. The number of nitrogens with two attached hydrogens (primary N) is 1. The van der Waals surface area contributed by atoms with Crippen molar-refractivity contribution in [2.45, 2.75) is 32.1 Å². The van der Waals surface area contributed by atoms with Crippen LogP contribution in [0.15, 0.2) is 91.3 Å². The van der Waals surface area contributed by atoms with Crippen molar-refractivity contribution in [2.24, 2.45) is 5.73 Å². The fourth-order valence-electron chi connectivity index (χ4n) is 4.57. The van der Waals surface area contributed by atoms with Gasteiger partial charge in [-0.15, -0.1) is 0 Å². The minimum atomic E-state index is -0.677. The molecular formula is C29H26Cl2N4O. The van der Waals surface area contributed by atoms with Crippen LogP contribution in [0.4, 0.5) is 11.4 Å². The highest BCUT2D eigenvalue weighted by Gasteiger charge is 2.28. The van der Waals surface area contributed by atoms with Gasteiger partial charge in [-0.05, 0) is 65.1 Å². The summed E-state index contributed by atoms with van der Waals surface area (Å²) in [6.45, 7) is 1.79. The number of carbonyl (C=O) groups is 1. The normalized spacial score (nSPS) is 13.4. The number of benzene rings is 3. The molecule has 0 spiro atoms. The van der Waals surface area contributed by atoms with Crippen LogP contribution in [0.2, 0.25) is 10.0 Å². The number of nitrogens with zero attached hydrogens (tertiary/aromatic N) is 3. The molecule has 0 saturated heterocycles. The molecule has 3 aromatic carbocycles. The maximum atomic E-state index is 13.2. The first-order valence-electron chi connectivity index (χ1n) is 11.8. The Bertz CT molecular complexity index is 1360. The standard InChI is InChI=1S/C29H26Cl2N4O/c30-24-8-6-21(27(31)16-24)15-28(32)29(36)34-18-22-7-9-26(14-23(22)19-34)35(25-10-12-33-13-11-25)17-20-4-2-1-3-5-20/h1-14,16,28H,15,17-19,32H2. The summed E-state index contributed by atoms with van der Waals surface area (Å²) in [4.78, 5) is 21.4. The average Bonchev–Trinajstić information content (AvgIpc) is 3.33. The molecule has 4 aromatic rings.